The smallest absolute Gasteiger partial charge is 0.329 e. The van der Waals surface area contributed by atoms with Gasteiger partial charge >= 0.3 is 12.1 Å². The van der Waals surface area contributed by atoms with Gasteiger partial charge in [0.1, 0.15) is 0 Å². The van der Waals surface area contributed by atoms with E-state index in [9.17, 15) is 26.4 Å². The van der Waals surface area contributed by atoms with Crippen molar-refractivity contribution < 1.29 is 30.9 Å². The fourth-order valence-electron chi connectivity index (χ4n) is 1.96. The lowest BCUT2D eigenvalue weighted by atomic mass is 10.1. The number of benzene rings is 1. The fraction of sp³-hybridized carbons (Fsp3) is 0.400. The van der Waals surface area contributed by atoms with Crippen LogP contribution in [-0.4, -0.2) is 67.1 Å². The Morgan fingerprint density at radius 3 is 2.22 bits per heavy atom. The van der Waals surface area contributed by atoms with Gasteiger partial charge in [-0.3, -0.25) is 4.79 Å². The minimum atomic E-state index is -4.76. The zero-order valence-electron chi connectivity index (χ0n) is 14.7. The van der Waals surface area contributed by atoms with E-state index in [1.807, 2.05) is 0 Å². The third-order valence-corrected chi connectivity index (χ3v) is 5.26. The number of nitrogens with zero attached hydrogens (tertiary/aromatic N) is 4. The molecule has 1 aromatic carbocycles. The Morgan fingerprint density at radius 1 is 1.15 bits per heavy atom. The van der Waals surface area contributed by atoms with Crippen LogP contribution in [-0.2, 0) is 16.2 Å². The van der Waals surface area contributed by atoms with Gasteiger partial charge in [-0.05, 0) is 26.2 Å². The van der Waals surface area contributed by atoms with E-state index in [1.54, 1.807) is 19.0 Å². The van der Waals surface area contributed by atoms with Crippen LogP contribution in [0.25, 0.3) is 11.4 Å². The number of aromatic nitrogens is 2. The Bertz CT molecular complexity index is 908. The number of sulfonamides is 1. The SMILES string of the molecule is CN(C)CCS(=O)(=O)N(C)C(=O)c1ccc(-c2noc(C(F)(F)F)n2)cc1. The zero-order valence-corrected chi connectivity index (χ0v) is 15.5. The predicted octanol–water partition coefficient (Wildman–Crippen LogP) is 1.72. The lowest BCUT2D eigenvalue weighted by Gasteiger charge is -2.19. The summed E-state index contributed by atoms with van der Waals surface area (Å²) in [6.45, 7) is 0.248. The van der Waals surface area contributed by atoms with Crippen molar-refractivity contribution in [3.63, 3.8) is 0 Å². The van der Waals surface area contributed by atoms with Gasteiger partial charge in [-0.25, -0.2) is 12.7 Å². The van der Waals surface area contributed by atoms with Crippen molar-refractivity contribution in [1.82, 2.24) is 19.3 Å². The Balaban J connectivity index is 2.17. The average Bonchev–Trinajstić information content (AvgIpc) is 3.09. The lowest BCUT2D eigenvalue weighted by Crippen LogP contribution is -2.37. The molecular weight excluding hydrogens is 389 g/mol. The van der Waals surface area contributed by atoms with E-state index in [0.29, 0.717) is 4.31 Å². The second-order valence-corrected chi connectivity index (χ2v) is 8.01. The van der Waals surface area contributed by atoms with Crippen LogP contribution in [0.4, 0.5) is 13.2 Å². The van der Waals surface area contributed by atoms with Crippen LogP contribution in [0.1, 0.15) is 16.2 Å². The first-order valence-electron chi connectivity index (χ1n) is 7.59. The molecule has 148 valence electrons. The van der Waals surface area contributed by atoms with Gasteiger partial charge < -0.3 is 9.42 Å². The van der Waals surface area contributed by atoms with Gasteiger partial charge in [0.05, 0.1) is 5.75 Å². The van der Waals surface area contributed by atoms with Gasteiger partial charge in [0.2, 0.25) is 15.8 Å². The molecule has 0 aliphatic carbocycles. The number of amides is 1. The molecule has 2 rings (SSSR count). The van der Waals surface area contributed by atoms with Gasteiger partial charge in [-0.15, -0.1) is 0 Å². The zero-order chi connectivity index (χ0) is 20.4. The van der Waals surface area contributed by atoms with Crippen molar-refractivity contribution in [3.8, 4) is 11.4 Å². The molecule has 0 saturated heterocycles. The normalized spacial score (nSPS) is 12.4. The summed E-state index contributed by atoms with van der Waals surface area (Å²) >= 11 is 0. The average molecular weight is 406 g/mol. The van der Waals surface area contributed by atoms with Crippen LogP contribution in [0.5, 0.6) is 0 Å². The summed E-state index contributed by atoms with van der Waals surface area (Å²) in [5, 5.41) is 3.24. The maximum Gasteiger partial charge on any atom is 0.471 e. The monoisotopic (exact) mass is 406 g/mol. The number of halogens is 3. The van der Waals surface area contributed by atoms with Gasteiger partial charge in [-0.1, -0.05) is 17.3 Å². The van der Waals surface area contributed by atoms with Crippen LogP contribution in [0, 0.1) is 0 Å². The first-order valence-corrected chi connectivity index (χ1v) is 9.20. The van der Waals surface area contributed by atoms with E-state index in [2.05, 4.69) is 14.7 Å². The van der Waals surface area contributed by atoms with Gasteiger partial charge in [0.25, 0.3) is 5.91 Å². The lowest BCUT2D eigenvalue weighted by molar-refractivity contribution is -0.159. The molecule has 1 aromatic heterocycles. The Morgan fingerprint density at radius 2 is 1.74 bits per heavy atom. The van der Waals surface area contributed by atoms with E-state index < -0.39 is 28.0 Å². The number of hydrogen-bond acceptors (Lipinski definition) is 7. The minimum absolute atomic E-state index is 0.0502. The molecule has 0 spiro atoms. The standard InChI is InChI=1S/C15H17F3N4O4S/c1-21(2)8-9-27(24,25)22(3)13(23)11-6-4-10(5-7-11)12-19-14(26-20-12)15(16,17)18/h4-7H,8-9H2,1-3H3. The maximum atomic E-state index is 12.5. The van der Waals surface area contributed by atoms with E-state index in [0.717, 1.165) is 7.05 Å². The third-order valence-electron chi connectivity index (χ3n) is 3.56. The molecule has 0 atom stereocenters. The van der Waals surface area contributed by atoms with E-state index >= 15 is 0 Å². The molecule has 0 unspecified atom stereocenters. The van der Waals surface area contributed by atoms with Crippen molar-refractivity contribution in [3.05, 3.63) is 35.7 Å². The number of alkyl halides is 3. The highest BCUT2D eigenvalue weighted by atomic mass is 32.2. The van der Waals surface area contributed by atoms with Crippen molar-refractivity contribution in [1.29, 1.82) is 0 Å². The summed E-state index contributed by atoms with van der Waals surface area (Å²) in [5.74, 6) is -2.77. The van der Waals surface area contributed by atoms with Gasteiger partial charge in [0, 0.05) is 24.7 Å². The molecular formula is C15H17F3N4O4S. The number of carbonyl (C=O) groups excluding carboxylic acids is 1. The molecule has 0 bridgehead atoms. The van der Waals surface area contributed by atoms with Crippen molar-refractivity contribution in [2.75, 3.05) is 33.4 Å². The molecule has 0 fully saturated rings. The first-order chi connectivity index (χ1) is 12.4. The van der Waals surface area contributed by atoms with Crippen LogP contribution in [0.3, 0.4) is 0 Å². The molecule has 2 aromatic rings. The third kappa shape index (κ3) is 5.04. The highest BCUT2D eigenvalue weighted by molar-refractivity contribution is 7.89. The highest BCUT2D eigenvalue weighted by Crippen LogP contribution is 2.29. The van der Waals surface area contributed by atoms with Crippen LogP contribution in [0.2, 0.25) is 0 Å². The number of carbonyl (C=O) groups is 1. The molecule has 12 heteroatoms. The Hall–Kier alpha value is -2.47. The van der Waals surface area contributed by atoms with E-state index in [-0.39, 0.29) is 29.2 Å². The Kier molecular flexibility index (Phi) is 5.90. The molecule has 0 aliphatic heterocycles. The topological polar surface area (TPSA) is 96.6 Å². The summed E-state index contributed by atoms with van der Waals surface area (Å²) in [6.07, 6.45) is -4.76. The molecule has 1 amide bonds. The number of hydrogen-bond donors (Lipinski definition) is 0. The van der Waals surface area contributed by atoms with Crippen LogP contribution in [0.15, 0.2) is 28.8 Å². The maximum absolute atomic E-state index is 12.5. The van der Waals surface area contributed by atoms with Crippen molar-refractivity contribution in [2.24, 2.45) is 0 Å². The largest absolute Gasteiger partial charge is 0.471 e. The molecule has 0 saturated carbocycles. The summed E-state index contributed by atoms with van der Waals surface area (Å²) in [5.41, 5.74) is 0.234. The van der Waals surface area contributed by atoms with Crippen LogP contribution < -0.4 is 0 Å². The Labute approximate surface area is 153 Å². The second kappa shape index (κ2) is 7.64. The van der Waals surface area contributed by atoms with Crippen LogP contribution >= 0.6 is 0 Å². The molecule has 8 nitrogen and oxygen atoms in total. The van der Waals surface area contributed by atoms with Crippen molar-refractivity contribution >= 4 is 15.9 Å². The van der Waals surface area contributed by atoms with Crippen molar-refractivity contribution in [2.45, 2.75) is 6.18 Å². The predicted molar refractivity (Wildman–Crippen MR) is 89.2 cm³/mol. The summed E-state index contributed by atoms with van der Waals surface area (Å²) < 4.78 is 66.6. The molecule has 1 heterocycles. The first kappa shape index (κ1) is 20.8. The summed E-state index contributed by atoms with van der Waals surface area (Å²) in [4.78, 5) is 17.3. The van der Waals surface area contributed by atoms with E-state index in [1.165, 1.54) is 24.3 Å². The second-order valence-electron chi connectivity index (χ2n) is 5.89. The molecule has 27 heavy (non-hydrogen) atoms. The van der Waals surface area contributed by atoms with E-state index in [4.69, 9.17) is 0 Å². The summed E-state index contributed by atoms with van der Waals surface area (Å²) in [7, 11) is 0.761. The van der Waals surface area contributed by atoms with Gasteiger partial charge in [-0.2, -0.15) is 18.2 Å². The highest BCUT2D eigenvalue weighted by Gasteiger charge is 2.38. The molecule has 0 aliphatic rings. The quantitative estimate of drug-likeness (QED) is 0.721. The summed E-state index contributed by atoms with van der Waals surface area (Å²) in [6, 6.07) is 5.16. The number of rotatable bonds is 6. The minimum Gasteiger partial charge on any atom is -0.329 e. The molecule has 0 N–H and O–H groups in total. The van der Waals surface area contributed by atoms with Gasteiger partial charge in [0.15, 0.2) is 0 Å². The molecule has 0 radical (unpaired) electrons. The fourth-order valence-corrected chi connectivity index (χ4v) is 3.19.